The quantitative estimate of drug-likeness (QED) is 0.698. The van der Waals surface area contributed by atoms with E-state index in [9.17, 15) is 4.79 Å². The van der Waals surface area contributed by atoms with E-state index in [1.54, 1.807) is 18.5 Å². The van der Waals surface area contributed by atoms with Gasteiger partial charge in [0.05, 0.1) is 12.4 Å². The number of nitrogens with zero attached hydrogens (tertiary/aromatic N) is 2. The fourth-order valence-corrected chi connectivity index (χ4v) is 0.672. The highest BCUT2D eigenvalue weighted by Crippen LogP contribution is 2.13. The van der Waals surface area contributed by atoms with Crippen LogP contribution in [0, 0.1) is 5.41 Å². The number of hydrogen-bond acceptors (Lipinski definition) is 3. The average molecular weight is 182 g/mol. The molecule has 0 radical (unpaired) electrons. The molecule has 0 saturated carbocycles. The van der Waals surface area contributed by atoms with Gasteiger partial charge in [-0.15, -0.1) is 9.94 Å². The maximum atomic E-state index is 11.4. The molecular formula is C9H14N2O2. The molecule has 0 aromatic carbocycles. The van der Waals surface area contributed by atoms with Gasteiger partial charge in [0, 0.05) is 5.41 Å². The van der Waals surface area contributed by atoms with Crippen LogP contribution in [0.2, 0.25) is 0 Å². The lowest BCUT2D eigenvalue weighted by molar-refractivity contribution is -0.131. The first-order chi connectivity index (χ1) is 6.00. The number of hydrogen-bond donors (Lipinski definition) is 0. The molecule has 0 N–H and O–H groups in total. The van der Waals surface area contributed by atoms with Crippen LogP contribution in [-0.2, 0) is 4.79 Å². The van der Waals surface area contributed by atoms with Crippen LogP contribution in [0.4, 0.5) is 0 Å². The molecule has 0 fully saturated rings. The third-order valence-electron chi connectivity index (χ3n) is 1.64. The van der Waals surface area contributed by atoms with Crippen molar-refractivity contribution in [1.82, 2.24) is 9.94 Å². The Labute approximate surface area is 77.5 Å². The van der Waals surface area contributed by atoms with Gasteiger partial charge in [-0.25, -0.2) is 0 Å². The van der Waals surface area contributed by atoms with Crippen LogP contribution < -0.4 is 4.84 Å². The summed E-state index contributed by atoms with van der Waals surface area (Å²) in [7, 11) is 0. The molecule has 1 heterocycles. The molecule has 0 amide bonds. The molecule has 1 aromatic rings. The number of ketones is 1. The standard InChI is InChI=1S/C9H14N2O2/c1-9(2,3)8(12)7-13-11-6-4-5-10-11/h4-6H,7H2,1-3H3. The first kappa shape index (κ1) is 9.77. The summed E-state index contributed by atoms with van der Waals surface area (Å²) in [5, 5.41) is 3.81. The Balaban J connectivity index is 2.40. The van der Waals surface area contributed by atoms with Crippen molar-refractivity contribution in [2.24, 2.45) is 5.41 Å². The second-order valence-corrected chi connectivity index (χ2v) is 3.86. The van der Waals surface area contributed by atoms with Crippen molar-refractivity contribution in [2.45, 2.75) is 20.8 Å². The molecule has 0 atom stereocenters. The average Bonchev–Trinajstić information content (AvgIpc) is 2.50. The Morgan fingerprint density at radius 2 is 2.23 bits per heavy atom. The lowest BCUT2D eigenvalue weighted by Crippen LogP contribution is -2.29. The molecule has 0 spiro atoms. The highest BCUT2D eigenvalue weighted by atomic mass is 16.7. The normalized spacial score (nSPS) is 11.3. The third-order valence-corrected chi connectivity index (χ3v) is 1.64. The summed E-state index contributed by atoms with van der Waals surface area (Å²) in [6.45, 7) is 5.65. The molecule has 1 rings (SSSR count). The topological polar surface area (TPSA) is 44.1 Å². The second-order valence-electron chi connectivity index (χ2n) is 3.86. The van der Waals surface area contributed by atoms with Gasteiger partial charge in [-0.05, 0) is 6.07 Å². The SMILES string of the molecule is CC(C)(C)C(=O)COn1cccn1. The van der Waals surface area contributed by atoms with Gasteiger partial charge < -0.3 is 4.84 Å². The molecule has 0 aliphatic heterocycles. The molecular weight excluding hydrogens is 168 g/mol. The van der Waals surface area contributed by atoms with Crippen LogP contribution in [-0.4, -0.2) is 22.3 Å². The summed E-state index contributed by atoms with van der Waals surface area (Å²) in [4.78, 5) is 17.8. The van der Waals surface area contributed by atoms with E-state index in [1.165, 1.54) is 4.85 Å². The van der Waals surface area contributed by atoms with Crippen LogP contribution in [0.25, 0.3) is 0 Å². The van der Waals surface area contributed by atoms with Gasteiger partial charge in [-0.1, -0.05) is 20.8 Å². The van der Waals surface area contributed by atoms with Gasteiger partial charge >= 0.3 is 0 Å². The zero-order chi connectivity index (χ0) is 9.90. The minimum absolute atomic E-state index is 0.0583. The van der Waals surface area contributed by atoms with E-state index in [0.717, 1.165) is 0 Å². The fraction of sp³-hybridized carbons (Fsp3) is 0.556. The lowest BCUT2D eigenvalue weighted by atomic mass is 9.91. The summed E-state index contributed by atoms with van der Waals surface area (Å²) in [5.74, 6) is 0.0583. The predicted molar refractivity (Wildman–Crippen MR) is 48.1 cm³/mol. The molecule has 0 saturated heterocycles. The maximum Gasteiger partial charge on any atom is 0.178 e. The summed E-state index contributed by atoms with van der Waals surface area (Å²) in [5.41, 5.74) is -0.354. The zero-order valence-corrected chi connectivity index (χ0v) is 8.15. The maximum absolute atomic E-state index is 11.4. The summed E-state index contributed by atoms with van der Waals surface area (Å²) in [6.07, 6.45) is 3.25. The minimum atomic E-state index is -0.354. The van der Waals surface area contributed by atoms with Crippen molar-refractivity contribution in [3.05, 3.63) is 18.5 Å². The van der Waals surface area contributed by atoms with Crippen LogP contribution in [0.3, 0.4) is 0 Å². The molecule has 1 aromatic heterocycles. The van der Waals surface area contributed by atoms with Crippen molar-refractivity contribution in [3.63, 3.8) is 0 Å². The Hall–Kier alpha value is -1.32. The Kier molecular flexibility index (Phi) is 2.70. The van der Waals surface area contributed by atoms with Gasteiger partial charge in [0.15, 0.2) is 12.4 Å². The molecule has 0 aliphatic rings. The predicted octanol–water partition coefficient (Wildman–Crippen LogP) is 0.927. The number of carbonyl (C=O) groups is 1. The van der Waals surface area contributed by atoms with Gasteiger partial charge in [-0.2, -0.15) is 0 Å². The molecule has 0 aliphatic carbocycles. The lowest BCUT2D eigenvalue weighted by Gasteiger charge is -2.15. The minimum Gasteiger partial charge on any atom is -0.389 e. The molecule has 13 heavy (non-hydrogen) atoms. The summed E-state index contributed by atoms with van der Waals surface area (Å²) in [6, 6.07) is 1.74. The molecule has 72 valence electrons. The second kappa shape index (κ2) is 3.60. The van der Waals surface area contributed by atoms with Crippen molar-refractivity contribution in [3.8, 4) is 0 Å². The summed E-state index contributed by atoms with van der Waals surface area (Å²) >= 11 is 0. The van der Waals surface area contributed by atoms with E-state index in [-0.39, 0.29) is 17.8 Å². The van der Waals surface area contributed by atoms with E-state index in [1.807, 2.05) is 20.8 Å². The smallest absolute Gasteiger partial charge is 0.178 e. The number of Topliss-reactive ketones (excluding diaryl/α,β-unsaturated/α-hetero) is 1. The van der Waals surface area contributed by atoms with Gasteiger partial charge in [0.1, 0.15) is 0 Å². The Morgan fingerprint density at radius 1 is 1.54 bits per heavy atom. The molecule has 0 unspecified atom stereocenters. The summed E-state index contributed by atoms with van der Waals surface area (Å²) < 4.78 is 0. The Bertz CT molecular complexity index is 272. The molecule has 4 nitrogen and oxygen atoms in total. The first-order valence-corrected chi connectivity index (χ1v) is 4.16. The van der Waals surface area contributed by atoms with Crippen LogP contribution in [0.15, 0.2) is 18.5 Å². The van der Waals surface area contributed by atoms with Crippen molar-refractivity contribution in [1.29, 1.82) is 0 Å². The largest absolute Gasteiger partial charge is 0.389 e. The Morgan fingerprint density at radius 3 is 2.69 bits per heavy atom. The monoisotopic (exact) mass is 182 g/mol. The van der Waals surface area contributed by atoms with E-state index in [2.05, 4.69) is 5.10 Å². The van der Waals surface area contributed by atoms with Crippen LogP contribution >= 0.6 is 0 Å². The number of carbonyl (C=O) groups excluding carboxylic acids is 1. The van der Waals surface area contributed by atoms with E-state index < -0.39 is 0 Å². The van der Waals surface area contributed by atoms with Gasteiger partial charge in [0.2, 0.25) is 0 Å². The number of rotatable bonds is 3. The van der Waals surface area contributed by atoms with E-state index in [4.69, 9.17) is 4.84 Å². The van der Waals surface area contributed by atoms with Crippen molar-refractivity contribution >= 4 is 5.78 Å². The van der Waals surface area contributed by atoms with Gasteiger partial charge in [0.25, 0.3) is 0 Å². The first-order valence-electron chi connectivity index (χ1n) is 4.16. The zero-order valence-electron chi connectivity index (χ0n) is 8.15. The van der Waals surface area contributed by atoms with Crippen LogP contribution in [0.1, 0.15) is 20.8 Å². The molecule has 4 heteroatoms. The highest BCUT2D eigenvalue weighted by Gasteiger charge is 2.21. The van der Waals surface area contributed by atoms with Crippen molar-refractivity contribution < 1.29 is 9.63 Å². The number of aromatic nitrogens is 2. The highest BCUT2D eigenvalue weighted by molar-refractivity contribution is 5.84. The van der Waals surface area contributed by atoms with Crippen molar-refractivity contribution in [2.75, 3.05) is 6.61 Å². The van der Waals surface area contributed by atoms with E-state index in [0.29, 0.717) is 0 Å². The van der Waals surface area contributed by atoms with E-state index >= 15 is 0 Å². The van der Waals surface area contributed by atoms with Gasteiger partial charge in [-0.3, -0.25) is 4.79 Å². The fourth-order valence-electron chi connectivity index (χ4n) is 0.672. The molecule has 0 bridgehead atoms. The third kappa shape index (κ3) is 2.89. The van der Waals surface area contributed by atoms with Crippen LogP contribution in [0.5, 0.6) is 0 Å².